The molecule has 3 aromatic heterocycles. The van der Waals surface area contributed by atoms with Crippen molar-refractivity contribution in [2.45, 2.75) is 39.3 Å². The Morgan fingerprint density at radius 2 is 1.94 bits per heavy atom. The zero-order valence-electron chi connectivity index (χ0n) is 18.1. The van der Waals surface area contributed by atoms with E-state index in [-0.39, 0.29) is 16.8 Å². The number of aromatic nitrogens is 3. The highest BCUT2D eigenvalue weighted by atomic mass is 16.1. The fourth-order valence-electron chi connectivity index (χ4n) is 3.82. The van der Waals surface area contributed by atoms with Gasteiger partial charge in [0.2, 0.25) is 5.43 Å². The molecule has 0 radical (unpaired) electrons. The first kappa shape index (κ1) is 20.1. The van der Waals surface area contributed by atoms with E-state index in [4.69, 9.17) is 4.98 Å². The van der Waals surface area contributed by atoms with Gasteiger partial charge in [-0.25, -0.2) is 4.98 Å². The molecule has 0 bridgehead atoms. The molecular formula is C26H24N4O2. The minimum Gasteiger partial charge on any atom is -0.367 e. The summed E-state index contributed by atoms with van der Waals surface area (Å²) >= 11 is 0. The van der Waals surface area contributed by atoms with Crippen molar-refractivity contribution in [3.8, 4) is 0 Å². The Morgan fingerprint density at radius 3 is 2.72 bits per heavy atom. The number of nitrogens with zero attached hydrogens (tertiary/aromatic N) is 3. The molecule has 160 valence electrons. The molecule has 6 nitrogen and oxygen atoms in total. The van der Waals surface area contributed by atoms with Gasteiger partial charge in [0.05, 0.1) is 23.3 Å². The minimum atomic E-state index is -0.317. The van der Waals surface area contributed by atoms with Crippen molar-refractivity contribution in [2.24, 2.45) is 0 Å². The minimum absolute atomic E-state index is 0.140. The predicted molar refractivity (Wildman–Crippen MR) is 125 cm³/mol. The first-order valence-corrected chi connectivity index (χ1v) is 10.8. The maximum atomic E-state index is 13.3. The first-order valence-electron chi connectivity index (χ1n) is 10.8. The molecule has 1 N–H and O–H groups in total. The van der Waals surface area contributed by atoms with E-state index in [0.29, 0.717) is 23.5 Å². The number of hydrogen-bond donors (Lipinski definition) is 1. The van der Waals surface area contributed by atoms with Crippen molar-refractivity contribution in [1.29, 1.82) is 0 Å². The molecule has 1 aliphatic carbocycles. The highest BCUT2D eigenvalue weighted by Gasteiger charge is 2.21. The van der Waals surface area contributed by atoms with Crippen LogP contribution in [0.25, 0.3) is 10.9 Å². The Bertz CT molecular complexity index is 1400. The summed E-state index contributed by atoms with van der Waals surface area (Å²) in [5, 5.41) is 3.93. The van der Waals surface area contributed by atoms with Crippen LogP contribution >= 0.6 is 0 Å². The van der Waals surface area contributed by atoms with Crippen molar-refractivity contribution in [1.82, 2.24) is 14.5 Å². The van der Waals surface area contributed by atoms with Gasteiger partial charge in [0.25, 0.3) is 0 Å². The van der Waals surface area contributed by atoms with Gasteiger partial charge in [-0.05, 0) is 62.6 Å². The summed E-state index contributed by atoms with van der Waals surface area (Å²) in [6, 6.07) is 15.6. The molecule has 1 saturated carbocycles. The second-order valence-corrected chi connectivity index (χ2v) is 8.41. The number of pyridine rings is 3. The lowest BCUT2D eigenvalue weighted by Crippen LogP contribution is -2.20. The van der Waals surface area contributed by atoms with Crippen molar-refractivity contribution in [2.75, 3.05) is 5.32 Å². The van der Waals surface area contributed by atoms with E-state index >= 15 is 0 Å². The standard InChI is InChI=1S/C26H24N4O2/c1-16-12-18(13-27-17(16)2)25(31)22-15-30(23-8-4-3-7-21(23)26(22)32)14-20-6-5-9-24(29-20)28-19-10-11-19/h3-9,12-13,15,19H,10-11,14H2,1-2H3,(H,28,29). The number of fused-ring (bicyclic) bond motifs is 1. The summed E-state index contributed by atoms with van der Waals surface area (Å²) in [5.41, 5.74) is 3.70. The smallest absolute Gasteiger partial charge is 0.200 e. The van der Waals surface area contributed by atoms with E-state index in [2.05, 4.69) is 10.3 Å². The van der Waals surface area contributed by atoms with Gasteiger partial charge in [0, 0.05) is 35.1 Å². The van der Waals surface area contributed by atoms with Gasteiger partial charge in [-0.2, -0.15) is 0 Å². The first-order chi connectivity index (χ1) is 15.5. The van der Waals surface area contributed by atoms with E-state index in [9.17, 15) is 9.59 Å². The van der Waals surface area contributed by atoms with Crippen LogP contribution in [0.15, 0.2) is 65.7 Å². The number of hydrogen-bond acceptors (Lipinski definition) is 5. The molecule has 0 aliphatic heterocycles. The molecule has 0 spiro atoms. The lowest BCUT2D eigenvalue weighted by atomic mass is 10.0. The van der Waals surface area contributed by atoms with E-state index in [1.807, 2.05) is 54.8 Å². The number of nitrogens with one attached hydrogen (secondary N) is 1. The van der Waals surface area contributed by atoms with Crippen LogP contribution in [0, 0.1) is 13.8 Å². The van der Waals surface area contributed by atoms with Crippen LogP contribution in [0.3, 0.4) is 0 Å². The molecule has 0 amide bonds. The number of benzene rings is 1. The zero-order chi connectivity index (χ0) is 22.2. The molecule has 4 aromatic rings. The van der Waals surface area contributed by atoms with Crippen LogP contribution in [0.4, 0.5) is 5.82 Å². The van der Waals surface area contributed by atoms with Crippen molar-refractivity contribution in [3.05, 3.63) is 99.2 Å². The van der Waals surface area contributed by atoms with Crippen LogP contribution in [0.5, 0.6) is 0 Å². The van der Waals surface area contributed by atoms with E-state index in [1.165, 1.54) is 19.0 Å². The summed E-state index contributed by atoms with van der Waals surface area (Å²) in [6.45, 7) is 4.25. The maximum Gasteiger partial charge on any atom is 0.200 e. The second kappa shape index (κ2) is 8.04. The fourth-order valence-corrected chi connectivity index (χ4v) is 3.82. The summed E-state index contributed by atoms with van der Waals surface area (Å²) in [7, 11) is 0. The van der Waals surface area contributed by atoms with Gasteiger partial charge in [-0.1, -0.05) is 18.2 Å². The Kier molecular flexibility index (Phi) is 5.05. The summed E-state index contributed by atoms with van der Waals surface area (Å²) in [4.78, 5) is 35.5. The van der Waals surface area contributed by atoms with E-state index in [0.717, 1.165) is 28.3 Å². The molecule has 6 heteroatoms. The Hall–Kier alpha value is -3.80. The Labute approximate surface area is 186 Å². The van der Waals surface area contributed by atoms with Gasteiger partial charge in [-0.15, -0.1) is 0 Å². The van der Waals surface area contributed by atoms with Crippen molar-refractivity contribution < 1.29 is 4.79 Å². The second-order valence-electron chi connectivity index (χ2n) is 8.41. The third-order valence-electron chi connectivity index (χ3n) is 5.90. The molecule has 0 atom stereocenters. The molecule has 5 rings (SSSR count). The number of para-hydroxylation sites is 1. The Morgan fingerprint density at radius 1 is 1.12 bits per heavy atom. The maximum absolute atomic E-state index is 13.3. The number of aryl methyl sites for hydroxylation is 2. The lowest BCUT2D eigenvalue weighted by Gasteiger charge is -2.14. The molecule has 1 aliphatic rings. The fraction of sp³-hybridized carbons (Fsp3) is 0.231. The van der Waals surface area contributed by atoms with Gasteiger partial charge < -0.3 is 9.88 Å². The van der Waals surface area contributed by atoms with Gasteiger partial charge in [0.1, 0.15) is 5.82 Å². The molecular weight excluding hydrogens is 400 g/mol. The quantitative estimate of drug-likeness (QED) is 0.468. The molecule has 0 unspecified atom stereocenters. The number of rotatable bonds is 6. The third kappa shape index (κ3) is 3.91. The number of anilines is 1. The van der Waals surface area contributed by atoms with Crippen LogP contribution < -0.4 is 10.7 Å². The van der Waals surface area contributed by atoms with E-state index in [1.54, 1.807) is 18.3 Å². The molecule has 1 fully saturated rings. The largest absolute Gasteiger partial charge is 0.367 e. The predicted octanol–water partition coefficient (Wildman–Crippen LogP) is 4.26. The van der Waals surface area contributed by atoms with Gasteiger partial charge in [0.15, 0.2) is 5.78 Å². The summed E-state index contributed by atoms with van der Waals surface area (Å²) < 4.78 is 1.93. The molecule has 32 heavy (non-hydrogen) atoms. The van der Waals surface area contributed by atoms with E-state index < -0.39 is 0 Å². The molecule has 1 aromatic carbocycles. The molecule has 0 saturated heterocycles. The number of carbonyl (C=O) groups excluding carboxylic acids is 1. The van der Waals surface area contributed by atoms with Crippen LogP contribution in [0.1, 0.15) is 45.7 Å². The normalized spacial score (nSPS) is 13.3. The van der Waals surface area contributed by atoms with Crippen LogP contribution in [-0.4, -0.2) is 26.4 Å². The highest BCUT2D eigenvalue weighted by Crippen LogP contribution is 2.24. The topological polar surface area (TPSA) is 76.9 Å². The Balaban J connectivity index is 1.58. The number of carbonyl (C=O) groups is 1. The average Bonchev–Trinajstić information content (AvgIpc) is 3.61. The van der Waals surface area contributed by atoms with Crippen LogP contribution in [0.2, 0.25) is 0 Å². The van der Waals surface area contributed by atoms with Gasteiger partial charge in [-0.3, -0.25) is 14.6 Å². The average molecular weight is 425 g/mol. The highest BCUT2D eigenvalue weighted by molar-refractivity contribution is 6.10. The number of ketones is 1. The summed E-state index contributed by atoms with van der Waals surface area (Å²) in [5.74, 6) is 0.537. The SMILES string of the molecule is Cc1cc(C(=O)c2cn(Cc3cccc(NC4CC4)n3)c3ccccc3c2=O)cnc1C. The lowest BCUT2D eigenvalue weighted by molar-refractivity contribution is 0.103. The monoisotopic (exact) mass is 424 g/mol. The zero-order valence-corrected chi connectivity index (χ0v) is 18.1. The molecule has 3 heterocycles. The van der Waals surface area contributed by atoms with Crippen LogP contribution in [-0.2, 0) is 6.54 Å². The van der Waals surface area contributed by atoms with Crippen molar-refractivity contribution in [3.63, 3.8) is 0 Å². The van der Waals surface area contributed by atoms with Crippen molar-refractivity contribution >= 4 is 22.5 Å². The third-order valence-corrected chi connectivity index (χ3v) is 5.90. The summed E-state index contributed by atoms with van der Waals surface area (Å²) in [6.07, 6.45) is 5.55. The van der Waals surface area contributed by atoms with Gasteiger partial charge >= 0.3 is 0 Å².